The van der Waals surface area contributed by atoms with Crippen LogP contribution in [0.15, 0.2) is 17.6 Å². The second-order valence-electron chi connectivity index (χ2n) is 1.18. The summed E-state index contributed by atoms with van der Waals surface area (Å²) in [5, 5.41) is 0.889. The molecule has 0 fully saturated rings. The second-order valence-corrected chi connectivity index (χ2v) is 1.97. The third-order valence-corrected chi connectivity index (χ3v) is 1.31. The van der Waals surface area contributed by atoms with Gasteiger partial charge in [0.05, 0.1) is 0 Å². The van der Waals surface area contributed by atoms with E-state index in [0.29, 0.717) is 0 Å². The topological polar surface area (TPSA) is 25.8 Å². The van der Waals surface area contributed by atoms with E-state index in [-0.39, 0.29) is 0 Å². The van der Waals surface area contributed by atoms with Crippen molar-refractivity contribution < 1.29 is 0 Å². The Hall–Kier alpha value is -0.570. The van der Waals surface area contributed by atoms with Gasteiger partial charge in [-0.1, -0.05) is 0 Å². The number of thioether (sulfide) groups is 1. The molecule has 0 aromatic carbocycles. The molecule has 1 heterocycles. The fourth-order valence-corrected chi connectivity index (χ4v) is 0.684. The van der Waals surface area contributed by atoms with Crippen molar-refractivity contribution in [1.29, 1.82) is 0 Å². The standard InChI is InChI=1S/C5H5N2S/c1-8-5-2-3-6-4-7-5/h3-4H,1H3. The lowest BCUT2D eigenvalue weighted by Gasteiger charge is -1.86. The third-order valence-electron chi connectivity index (χ3n) is 0.698. The summed E-state index contributed by atoms with van der Waals surface area (Å²) >= 11 is 1.56. The van der Waals surface area contributed by atoms with Gasteiger partial charge in [-0.15, -0.1) is 11.8 Å². The Kier molecular flexibility index (Phi) is 1.86. The van der Waals surface area contributed by atoms with Crippen LogP contribution in [0.5, 0.6) is 0 Å². The minimum Gasteiger partial charge on any atom is -0.244 e. The summed E-state index contributed by atoms with van der Waals surface area (Å²) in [5.41, 5.74) is 0. The maximum absolute atomic E-state index is 3.89. The van der Waals surface area contributed by atoms with Crippen LogP contribution in [-0.2, 0) is 0 Å². The highest BCUT2D eigenvalue weighted by molar-refractivity contribution is 7.98. The lowest BCUT2D eigenvalue weighted by molar-refractivity contribution is 1.04. The van der Waals surface area contributed by atoms with Crippen molar-refractivity contribution in [2.24, 2.45) is 0 Å². The monoisotopic (exact) mass is 125 g/mol. The van der Waals surface area contributed by atoms with E-state index in [4.69, 9.17) is 0 Å². The number of hydrogen-bond acceptors (Lipinski definition) is 3. The highest BCUT2D eigenvalue weighted by Crippen LogP contribution is 2.05. The molecule has 0 atom stereocenters. The summed E-state index contributed by atoms with van der Waals surface area (Å²) in [6.45, 7) is 0. The molecule has 1 aromatic heterocycles. The van der Waals surface area contributed by atoms with Crippen LogP contribution >= 0.6 is 11.8 Å². The van der Waals surface area contributed by atoms with Gasteiger partial charge in [0.1, 0.15) is 11.4 Å². The first-order valence-electron chi connectivity index (χ1n) is 2.15. The van der Waals surface area contributed by atoms with Crippen LogP contribution in [0, 0.1) is 6.07 Å². The molecule has 0 saturated heterocycles. The summed E-state index contributed by atoms with van der Waals surface area (Å²) in [6, 6.07) is 2.86. The van der Waals surface area contributed by atoms with E-state index in [2.05, 4.69) is 16.0 Å². The largest absolute Gasteiger partial charge is 0.244 e. The summed E-state index contributed by atoms with van der Waals surface area (Å²) in [7, 11) is 0. The minimum absolute atomic E-state index is 0.889. The molecule has 0 N–H and O–H groups in total. The number of rotatable bonds is 1. The quantitative estimate of drug-likeness (QED) is 0.413. The molecule has 0 aliphatic carbocycles. The molecule has 0 aliphatic heterocycles. The average Bonchev–Trinajstić information content (AvgIpc) is 1.90. The van der Waals surface area contributed by atoms with Gasteiger partial charge in [-0.05, 0) is 6.26 Å². The van der Waals surface area contributed by atoms with Gasteiger partial charge in [0.2, 0.25) is 0 Å². The van der Waals surface area contributed by atoms with Gasteiger partial charge in [0.15, 0.2) is 0 Å². The maximum Gasteiger partial charge on any atom is 0.116 e. The molecule has 0 amide bonds. The summed E-state index contributed by atoms with van der Waals surface area (Å²) < 4.78 is 0. The molecule has 0 bridgehead atoms. The first kappa shape index (κ1) is 5.56. The van der Waals surface area contributed by atoms with Crippen molar-refractivity contribution in [2.45, 2.75) is 5.03 Å². The Morgan fingerprint density at radius 2 is 2.62 bits per heavy atom. The Labute approximate surface area is 52.4 Å². The van der Waals surface area contributed by atoms with Crippen molar-refractivity contribution >= 4 is 11.8 Å². The normalized spacial score (nSPS) is 9.12. The molecular formula is C5H5N2S. The van der Waals surface area contributed by atoms with Crippen LogP contribution in [-0.4, -0.2) is 16.2 Å². The first-order valence-corrected chi connectivity index (χ1v) is 3.37. The lowest BCUT2D eigenvalue weighted by atomic mass is 10.7. The molecule has 1 rings (SSSR count). The van der Waals surface area contributed by atoms with Gasteiger partial charge in [0.25, 0.3) is 0 Å². The van der Waals surface area contributed by atoms with Crippen LogP contribution in [0.2, 0.25) is 0 Å². The SMILES string of the molecule is CSc1[c]cncn1. The molecule has 1 aromatic rings. The predicted octanol–water partition coefficient (Wildman–Crippen LogP) is 0.999. The molecule has 3 heteroatoms. The lowest BCUT2D eigenvalue weighted by Crippen LogP contribution is -1.77. The van der Waals surface area contributed by atoms with Crippen LogP contribution in [0.4, 0.5) is 0 Å². The number of hydrogen-bond donors (Lipinski definition) is 0. The molecule has 0 aliphatic rings. The molecule has 0 unspecified atom stereocenters. The number of nitrogens with zero attached hydrogens (tertiary/aromatic N) is 2. The van der Waals surface area contributed by atoms with E-state index in [1.807, 2.05) is 6.26 Å². The van der Waals surface area contributed by atoms with Crippen molar-refractivity contribution in [3.63, 3.8) is 0 Å². The van der Waals surface area contributed by atoms with E-state index in [1.54, 1.807) is 18.0 Å². The molecule has 2 nitrogen and oxygen atoms in total. The van der Waals surface area contributed by atoms with Crippen LogP contribution in [0.3, 0.4) is 0 Å². The highest BCUT2D eigenvalue weighted by Gasteiger charge is 1.84. The fraction of sp³-hybridized carbons (Fsp3) is 0.200. The fourth-order valence-electron chi connectivity index (χ4n) is 0.360. The summed E-state index contributed by atoms with van der Waals surface area (Å²) in [6.07, 6.45) is 5.08. The molecule has 0 spiro atoms. The van der Waals surface area contributed by atoms with E-state index in [1.165, 1.54) is 6.33 Å². The van der Waals surface area contributed by atoms with Gasteiger partial charge in [0, 0.05) is 12.3 Å². The zero-order chi connectivity index (χ0) is 5.82. The Balaban J connectivity index is 2.83. The summed E-state index contributed by atoms with van der Waals surface area (Å²) in [5.74, 6) is 0. The Morgan fingerprint density at radius 1 is 1.75 bits per heavy atom. The average molecular weight is 125 g/mol. The van der Waals surface area contributed by atoms with E-state index >= 15 is 0 Å². The van der Waals surface area contributed by atoms with Crippen LogP contribution in [0.25, 0.3) is 0 Å². The molecule has 41 valence electrons. The smallest absolute Gasteiger partial charge is 0.116 e. The zero-order valence-corrected chi connectivity index (χ0v) is 5.27. The second kappa shape index (κ2) is 2.67. The van der Waals surface area contributed by atoms with Crippen molar-refractivity contribution in [2.75, 3.05) is 6.26 Å². The first-order chi connectivity index (χ1) is 3.93. The van der Waals surface area contributed by atoms with Crippen molar-refractivity contribution in [3.05, 3.63) is 18.6 Å². The maximum atomic E-state index is 3.89. The van der Waals surface area contributed by atoms with E-state index in [9.17, 15) is 0 Å². The van der Waals surface area contributed by atoms with Crippen LogP contribution in [0.1, 0.15) is 0 Å². The van der Waals surface area contributed by atoms with E-state index < -0.39 is 0 Å². The Morgan fingerprint density at radius 3 is 3.00 bits per heavy atom. The minimum atomic E-state index is 0.889. The molecule has 1 radical (unpaired) electrons. The molecular weight excluding hydrogens is 120 g/mol. The van der Waals surface area contributed by atoms with Gasteiger partial charge < -0.3 is 0 Å². The molecule has 0 saturated carbocycles. The summed E-state index contributed by atoms with van der Waals surface area (Å²) in [4.78, 5) is 7.61. The predicted molar refractivity (Wildman–Crippen MR) is 32.6 cm³/mol. The van der Waals surface area contributed by atoms with Crippen LogP contribution < -0.4 is 0 Å². The third kappa shape index (κ3) is 1.20. The van der Waals surface area contributed by atoms with Gasteiger partial charge in [-0.25, -0.2) is 9.97 Å². The highest BCUT2D eigenvalue weighted by atomic mass is 32.2. The van der Waals surface area contributed by atoms with Gasteiger partial charge >= 0.3 is 0 Å². The van der Waals surface area contributed by atoms with Gasteiger partial charge in [-0.3, -0.25) is 0 Å². The van der Waals surface area contributed by atoms with Crippen molar-refractivity contribution in [3.8, 4) is 0 Å². The van der Waals surface area contributed by atoms with Gasteiger partial charge in [-0.2, -0.15) is 0 Å². The van der Waals surface area contributed by atoms with E-state index in [0.717, 1.165) is 5.03 Å². The van der Waals surface area contributed by atoms with Crippen molar-refractivity contribution in [1.82, 2.24) is 9.97 Å². The zero-order valence-electron chi connectivity index (χ0n) is 4.46. The molecule has 8 heavy (non-hydrogen) atoms. The Bertz CT molecular complexity index is 152. The number of aromatic nitrogens is 2.